The highest BCUT2D eigenvalue weighted by Gasteiger charge is 2.27. The lowest BCUT2D eigenvalue weighted by Gasteiger charge is -2.20. The highest BCUT2D eigenvalue weighted by molar-refractivity contribution is 7.99. The lowest BCUT2D eigenvalue weighted by Crippen LogP contribution is -2.40. The zero-order chi connectivity index (χ0) is 23.0. The summed E-state index contributed by atoms with van der Waals surface area (Å²) in [4.78, 5) is 16.7. The summed E-state index contributed by atoms with van der Waals surface area (Å²) in [6.45, 7) is 0.208. The fourth-order valence-electron chi connectivity index (χ4n) is 2.67. The van der Waals surface area contributed by atoms with Crippen molar-refractivity contribution >= 4 is 33.7 Å². The van der Waals surface area contributed by atoms with E-state index in [-0.39, 0.29) is 23.8 Å². The quantitative estimate of drug-likeness (QED) is 0.164. The van der Waals surface area contributed by atoms with Gasteiger partial charge in [-0.25, -0.2) is 8.42 Å². The summed E-state index contributed by atoms with van der Waals surface area (Å²) in [6.07, 6.45) is 0.351. The summed E-state index contributed by atoms with van der Waals surface area (Å²) < 4.78 is 33.5. The minimum absolute atomic E-state index is 0.0396. The van der Waals surface area contributed by atoms with E-state index in [1.54, 1.807) is 6.07 Å². The number of ether oxygens (including phenoxy) is 1. The number of hydrogen-bond donors (Lipinski definition) is 4. The van der Waals surface area contributed by atoms with E-state index in [4.69, 9.17) is 27.0 Å². The fourth-order valence-corrected chi connectivity index (χ4v) is 4.98. The molecule has 0 aliphatic carbocycles. The number of aliphatic imine (C=N–C) groups is 1. The molecule has 164 valence electrons. The average Bonchev–Trinajstić information content (AvgIpc) is 2.75. The van der Waals surface area contributed by atoms with Crippen molar-refractivity contribution in [2.45, 2.75) is 33.6 Å². The third-order valence-corrected chi connectivity index (χ3v) is 6.62. The molecule has 0 amide bonds. The standard InChI is InChI=1S/C18H20N4O5S2.N2/c19-18(20)21-9-3-4-12(17(23)24)22-29(25,26)11-7-8-14-16(10-11)28-15-6-2-1-5-13(15)27-14;1-2/h1-2,5-8,10,12,22H,3-4,9H2,(H,23,24)(H4,19,20,21);/t12-;/m0./s1. The average molecular weight is 465 g/mol. The minimum Gasteiger partial charge on any atom is -0.480 e. The van der Waals surface area contributed by atoms with Crippen molar-refractivity contribution in [3.05, 3.63) is 42.5 Å². The third-order valence-electron chi connectivity index (χ3n) is 4.06. The molecule has 1 aliphatic rings. The van der Waals surface area contributed by atoms with Crippen molar-refractivity contribution in [2.75, 3.05) is 6.54 Å². The van der Waals surface area contributed by atoms with Crippen LogP contribution in [0.5, 0.6) is 11.5 Å². The van der Waals surface area contributed by atoms with E-state index in [0.29, 0.717) is 22.8 Å². The number of para-hydroxylation sites is 1. The monoisotopic (exact) mass is 464 g/mol. The second-order valence-electron chi connectivity index (χ2n) is 6.22. The van der Waals surface area contributed by atoms with Crippen LogP contribution in [0.4, 0.5) is 0 Å². The van der Waals surface area contributed by atoms with Crippen molar-refractivity contribution in [1.29, 1.82) is 10.8 Å². The van der Waals surface area contributed by atoms with Crippen LogP contribution in [0.15, 0.2) is 62.1 Å². The Balaban J connectivity index is 0.00000166. The molecule has 0 radical (unpaired) electrons. The fraction of sp³-hybridized carbons (Fsp3) is 0.222. The SMILES string of the molecule is N#N.NC(N)=NCCC[C@H](NS(=O)(=O)c1ccc2c(c1)Sc1ccccc1O2)C(=O)O. The molecule has 11 nitrogen and oxygen atoms in total. The number of hydrogen-bond acceptors (Lipinski definition) is 8. The van der Waals surface area contributed by atoms with Gasteiger partial charge < -0.3 is 21.3 Å². The van der Waals surface area contributed by atoms with Crippen molar-refractivity contribution in [2.24, 2.45) is 16.5 Å². The van der Waals surface area contributed by atoms with Gasteiger partial charge in [0, 0.05) is 17.3 Å². The van der Waals surface area contributed by atoms with Crippen LogP contribution < -0.4 is 20.9 Å². The van der Waals surface area contributed by atoms with Crippen LogP contribution in [0.2, 0.25) is 0 Å². The smallest absolute Gasteiger partial charge is 0.321 e. The summed E-state index contributed by atoms with van der Waals surface area (Å²) in [6, 6.07) is 10.5. The number of guanidine groups is 1. The number of fused-ring (bicyclic) bond motifs is 2. The molecule has 2 aromatic carbocycles. The van der Waals surface area contributed by atoms with Crippen molar-refractivity contribution < 1.29 is 23.1 Å². The lowest BCUT2D eigenvalue weighted by atomic mass is 10.2. The first-order valence-electron chi connectivity index (χ1n) is 8.85. The maximum Gasteiger partial charge on any atom is 0.321 e. The summed E-state index contributed by atoms with van der Waals surface area (Å²) in [5, 5.41) is 21.4. The molecule has 0 bridgehead atoms. The summed E-state index contributed by atoms with van der Waals surface area (Å²) in [5.41, 5.74) is 10.4. The maximum absolute atomic E-state index is 12.7. The second-order valence-corrected chi connectivity index (χ2v) is 9.02. The number of nitrogens with one attached hydrogen (secondary N) is 1. The first kappa shape index (κ1) is 23.9. The molecule has 0 saturated heterocycles. The Morgan fingerprint density at radius 1 is 1.16 bits per heavy atom. The molecule has 3 rings (SSSR count). The number of aliphatic carboxylic acids is 1. The molecule has 13 heteroatoms. The molecule has 0 spiro atoms. The van der Waals surface area contributed by atoms with E-state index in [1.165, 1.54) is 23.9 Å². The Morgan fingerprint density at radius 3 is 2.52 bits per heavy atom. The Kier molecular flexibility index (Phi) is 8.20. The van der Waals surface area contributed by atoms with Gasteiger partial charge in [-0.3, -0.25) is 9.79 Å². The maximum atomic E-state index is 12.7. The summed E-state index contributed by atoms with van der Waals surface area (Å²) in [5.74, 6) is -0.138. The molecule has 1 atom stereocenters. The molecule has 1 heterocycles. The third kappa shape index (κ3) is 6.32. The van der Waals surface area contributed by atoms with E-state index < -0.39 is 22.0 Å². The molecule has 0 aromatic heterocycles. The minimum atomic E-state index is -4.05. The first-order valence-corrected chi connectivity index (χ1v) is 11.2. The molecule has 6 N–H and O–H groups in total. The van der Waals surface area contributed by atoms with Crippen molar-refractivity contribution in [3.63, 3.8) is 0 Å². The van der Waals surface area contributed by atoms with Crippen LogP contribution in [-0.2, 0) is 14.8 Å². The molecule has 1 aliphatic heterocycles. The van der Waals surface area contributed by atoms with Gasteiger partial charge >= 0.3 is 5.97 Å². The van der Waals surface area contributed by atoms with Gasteiger partial charge in [-0.2, -0.15) is 4.72 Å². The Bertz CT molecular complexity index is 1100. The highest BCUT2D eigenvalue weighted by Crippen LogP contribution is 2.47. The van der Waals surface area contributed by atoms with Gasteiger partial charge in [0.15, 0.2) is 5.96 Å². The zero-order valence-electron chi connectivity index (χ0n) is 16.1. The highest BCUT2D eigenvalue weighted by atomic mass is 32.2. The molecule has 0 saturated carbocycles. The molecule has 2 aromatic rings. The van der Waals surface area contributed by atoms with Gasteiger partial charge in [0.2, 0.25) is 10.0 Å². The Labute approximate surface area is 183 Å². The summed E-state index contributed by atoms with van der Waals surface area (Å²) >= 11 is 1.39. The second kappa shape index (κ2) is 10.6. The van der Waals surface area contributed by atoms with Crippen LogP contribution in [0.3, 0.4) is 0 Å². The van der Waals surface area contributed by atoms with Gasteiger partial charge in [0.1, 0.15) is 17.5 Å². The molecule has 0 unspecified atom stereocenters. The summed E-state index contributed by atoms with van der Waals surface area (Å²) in [7, 11) is -4.05. The number of carboxylic acids is 1. The predicted octanol–water partition coefficient (Wildman–Crippen LogP) is 1.76. The lowest BCUT2D eigenvalue weighted by molar-refractivity contribution is -0.139. The van der Waals surface area contributed by atoms with Gasteiger partial charge in [-0.05, 0) is 43.2 Å². The van der Waals surface area contributed by atoms with Crippen LogP contribution in [0.1, 0.15) is 12.8 Å². The van der Waals surface area contributed by atoms with E-state index in [9.17, 15) is 18.3 Å². The normalized spacial score (nSPS) is 12.7. The number of sulfonamides is 1. The van der Waals surface area contributed by atoms with Crippen LogP contribution in [0.25, 0.3) is 0 Å². The van der Waals surface area contributed by atoms with Crippen molar-refractivity contribution in [1.82, 2.24) is 4.72 Å². The number of rotatable bonds is 8. The van der Waals surface area contributed by atoms with Crippen LogP contribution in [0, 0.1) is 10.8 Å². The van der Waals surface area contributed by atoms with Gasteiger partial charge in [0.05, 0.1) is 14.7 Å². The van der Waals surface area contributed by atoms with Gasteiger partial charge in [-0.15, -0.1) is 0 Å². The number of nitrogens with zero attached hydrogens (tertiary/aromatic N) is 3. The molecular weight excluding hydrogens is 444 g/mol. The van der Waals surface area contributed by atoms with E-state index in [1.807, 2.05) is 24.3 Å². The number of benzene rings is 2. The molecular formula is C18H20N6O5S2. The van der Waals surface area contributed by atoms with Crippen LogP contribution >= 0.6 is 11.8 Å². The first-order chi connectivity index (χ1) is 14.8. The molecule has 0 fully saturated rings. The predicted molar refractivity (Wildman–Crippen MR) is 112 cm³/mol. The van der Waals surface area contributed by atoms with E-state index in [2.05, 4.69) is 9.71 Å². The number of carboxylic acid groups (broad SMARTS) is 1. The molecule has 31 heavy (non-hydrogen) atoms. The van der Waals surface area contributed by atoms with Crippen molar-refractivity contribution in [3.8, 4) is 11.5 Å². The Hall–Kier alpha value is -3.34. The number of nitrogens with two attached hydrogens (primary N) is 2. The topological polar surface area (TPSA) is 205 Å². The number of carbonyl (C=O) groups is 1. The van der Waals surface area contributed by atoms with Gasteiger partial charge in [0.25, 0.3) is 0 Å². The van der Waals surface area contributed by atoms with E-state index >= 15 is 0 Å². The van der Waals surface area contributed by atoms with Gasteiger partial charge in [-0.1, -0.05) is 23.9 Å². The van der Waals surface area contributed by atoms with E-state index in [0.717, 1.165) is 4.90 Å². The zero-order valence-corrected chi connectivity index (χ0v) is 17.8. The Morgan fingerprint density at radius 2 is 1.84 bits per heavy atom. The van der Waals surface area contributed by atoms with Crippen LogP contribution in [-0.4, -0.2) is 38.0 Å². The largest absolute Gasteiger partial charge is 0.480 e.